The van der Waals surface area contributed by atoms with Gasteiger partial charge in [-0.2, -0.15) is 0 Å². The van der Waals surface area contributed by atoms with Crippen molar-refractivity contribution in [2.24, 2.45) is 0 Å². The number of likely N-dealkylation sites (N-methyl/N-ethyl adjacent to an activating group) is 1. The van der Waals surface area contributed by atoms with Crippen LogP contribution >= 0.6 is 0 Å². The Morgan fingerprint density at radius 3 is 2.78 bits per heavy atom. The van der Waals surface area contributed by atoms with Gasteiger partial charge in [-0.25, -0.2) is 0 Å². The first kappa shape index (κ1) is 14.3. The molecule has 0 fully saturated rings. The van der Waals surface area contributed by atoms with E-state index in [1.165, 1.54) is 14.2 Å². The molecule has 1 heterocycles. The fraction of sp³-hybridized carbons (Fsp3) is 0.545. The standard InChI is InChI=1S/C11H18N4O3/c1-12-11(17)9-4-5-10(14-13-9)15(2)6-8(16)7-18-3/h4-5,8,16H,6-7H2,1-3H3,(H,12,17). The lowest BCUT2D eigenvalue weighted by Gasteiger charge is -2.20. The van der Waals surface area contributed by atoms with Gasteiger partial charge in [0.25, 0.3) is 5.91 Å². The van der Waals surface area contributed by atoms with Crippen molar-refractivity contribution < 1.29 is 14.6 Å². The normalized spacial score (nSPS) is 12.0. The minimum atomic E-state index is -0.597. The van der Waals surface area contributed by atoms with Crippen molar-refractivity contribution in [2.75, 3.05) is 39.3 Å². The summed E-state index contributed by atoms with van der Waals surface area (Å²) < 4.78 is 4.84. The Hall–Kier alpha value is -1.73. The van der Waals surface area contributed by atoms with Gasteiger partial charge in [0, 0.05) is 27.7 Å². The van der Waals surface area contributed by atoms with Crippen molar-refractivity contribution in [3.63, 3.8) is 0 Å². The molecular formula is C11H18N4O3. The van der Waals surface area contributed by atoms with Crippen LogP contribution in [0.2, 0.25) is 0 Å². The molecule has 0 aliphatic carbocycles. The molecule has 0 aromatic carbocycles. The number of hydrogen-bond acceptors (Lipinski definition) is 6. The smallest absolute Gasteiger partial charge is 0.271 e. The fourth-order valence-electron chi connectivity index (χ4n) is 1.43. The molecule has 7 nitrogen and oxygen atoms in total. The number of anilines is 1. The largest absolute Gasteiger partial charge is 0.389 e. The van der Waals surface area contributed by atoms with Gasteiger partial charge in [0.1, 0.15) is 0 Å². The van der Waals surface area contributed by atoms with E-state index in [1.54, 1.807) is 24.1 Å². The number of amides is 1. The number of carbonyl (C=O) groups is 1. The minimum Gasteiger partial charge on any atom is -0.389 e. The van der Waals surface area contributed by atoms with Gasteiger partial charge in [0.2, 0.25) is 0 Å². The van der Waals surface area contributed by atoms with Crippen LogP contribution in [0, 0.1) is 0 Å². The third-order valence-corrected chi connectivity index (χ3v) is 2.34. The van der Waals surface area contributed by atoms with Crippen molar-refractivity contribution in [1.29, 1.82) is 0 Å². The molecule has 2 N–H and O–H groups in total. The molecule has 18 heavy (non-hydrogen) atoms. The van der Waals surface area contributed by atoms with Crippen molar-refractivity contribution in [2.45, 2.75) is 6.10 Å². The van der Waals surface area contributed by atoms with Crippen LogP contribution in [0.5, 0.6) is 0 Å². The number of nitrogens with zero attached hydrogens (tertiary/aromatic N) is 3. The number of carbonyl (C=O) groups excluding carboxylic acids is 1. The number of rotatable bonds is 6. The molecule has 1 aromatic rings. The summed E-state index contributed by atoms with van der Waals surface area (Å²) in [6, 6.07) is 3.26. The first-order valence-corrected chi connectivity index (χ1v) is 5.52. The lowest BCUT2D eigenvalue weighted by Crippen LogP contribution is -2.32. The van der Waals surface area contributed by atoms with E-state index in [-0.39, 0.29) is 18.2 Å². The van der Waals surface area contributed by atoms with Crippen molar-refractivity contribution in [1.82, 2.24) is 15.5 Å². The highest BCUT2D eigenvalue weighted by Crippen LogP contribution is 2.08. The maximum Gasteiger partial charge on any atom is 0.271 e. The van der Waals surface area contributed by atoms with E-state index in [0.29, 0.717) is 12.4 Å². The van der Waals surface area contributed by atoms with Crippen molar-refractivity contribution in [3.05, 3.63) is 17.8 Å². The second kappa shape index (κ2) is 6.87. The Labute approximate surface area is 106 Å². The van der Waals surface area contributed by atoms with E-state index in [4.69, 9.17) is 4.74 Å². The van der Waals surface area contributed by atoms with Gasteiger partial charge in [-0.3, -0.25) is 4.79 Å². The highest BCUT2D eigenvalue weighted by molar-refractivity contribution is 5.91. The molecule has 7 heteroatoms. The molecule has 100 valence electrons. The summed E-state index contributed by atoms with van der Waals surface area (Å²) in [5, 5.41) is 19.8. The number of aliphatic hydroxyl groups is 1. The Bertz CT molecular complexity index is 382. The summed E-state index contributed by atoms with van der Waals surface area (Å²) in [6.45, 7) is 0.635. The van der Waals surface area contributed by atoms with E-state index in [2.05, 4.69) is 15.5 Å². The summed E-state index contributed by atoms with van der Waals surface area (Å²) in [5.41, 5.74) is 0.257. The number of aromatic nitrogens is 2. The minimum absolute atomic E-state index is 0.257. The van der Waals surface area contributed by atoms with Crippen LogP contribution in [0.3, 0.4) is 0 Å². The van der Waals surface area contributed by atoms with Crippen LogP contribution in [-0.2, 0) is 4.74 Å². The second-order valence-corrected chi connectivity index (χ2v) is 3.85. The molecule has 0 aliphatic rings. The van der Waals surface area contributed by atoms with Gasteiger partial charge in [-0.1, -0.05) is 0 Å². The maximum atomic E-state index is 11.3. The van der Waals surface area contributed by atoms with E-state index >= 15 is 0 Å². The molecule has 0 radical (unpaired) electrons. The van der Waals surface area contributed by atoms with Gasteiger partial charge in [-0.15, -0.1) is 10.2 Å². The zero-order valence-corrected chi connectivity index (χ0v) is 10.8. The van der Waals surface area contributed by atoms with Gasteiger partial charge in [0.15, 0.2) is 11.5 Å². The number of methoxy groups -OCH3 is 1. The Morgan fingerprint density at radius 2 is 2.28 bits per heavy atom. The van der Waals surface area contributed by atoms with Gasteiger partial charge >= 0.3 is 0 Å². The zero-order chi connectivity index (χ0) is 13.5. The quantitative estimate of drug-likeness (QED) is 0.696. The number of ether oxygens (including phenoxy) is 1. The third-order valence-electron chi connectivity index (χ3n) is 2.34. The Kier molecular flexibility index (Phi) is 5.47. The number of nitrogens with one attached hydrogen (secondary N) is 1. The second-order valence-electron chi connectivity index (χ2n) is 3.85. The van der Waals surface area contributed by atoms with Crippen LogP contribution < -0.4 is 10.2 Å². The highest BCUT2D eigenvalue weighted by atomic mass is 16.5. The SMILES string of the molecule is CNC(=O)c1ccc(N(C)CC(O)COC)nn1. The van der Waals surface area contributed by atoms with Crippen LogP contribution in [0.1, 0.15) is 10.5 Å². The van der Waals surface area contributed by atoms with Crippen LogP contribution in [0.4, 0.5) is 5.82 Å². The lowest BCUT2D eigenvalue weighted by atomic mass is 10.3. The number of aliphatic hydroxyl groups excluding tert-OH is 1. The molecule has 0 aliphatic heterocycles. The molecule has 1 amide bonds. The molecule has 0 saturated carbocycles. The van der Waals surface area contributed by atoms with Gasteiger partial charge < -0.3 is 20.1 Å². The zero-order valence-electron chi connectivity index (χ0n) is 10.8. The van der Waals surface area contributed by atoms with Crippen LogP contribution in [0.15, 0.2) is 12.1 Å². The average Bonchev–Trinajstić information content (AvgIpc) is 2.38. The number of hydrogen-bond donors (Lipinski definition) is 2. The Morgan fingerprint density at radius 1 is 1.56 bits per heavy atom. The highest BCUT2D eigenvalue weighted by Gasteiger charge is 2.11. The summed E-state index contributed by atoms with van der Waals surface area (Å²) in [7, 11) is 4.84. The van der Waals surface area contributed by atoms with Gasteiger partial charge in [0.05, 0.1) is 12.7 Å². The average molecular weight is 254 g/mol. The fourth-order valence-corrected chi connectivity index (χ4v) is 1.43. The predicted molar refractivity (Wildman–Crippen MR) is 66.6 cm³/mol. The van der Waals surface area contributed by atoms with E-state index in [9.17, 15) is 9.90 Å². The molecule has 0 saturated heterocycles. The topological polar surface area (TPSA) is 87.6 Å². The van der Waals surface area contributed by atoms with Crippen molar-refractivity contribution >= 4 is 11.7 Å². The molecule has 1 rings (SSSR count). The predicted octanol–water partition coefficient (Wildman–Crippen LogP) is -0.720. The summed E-state index contributed by atoms with van der Waals surface area (Å²) in [4.78, 5) is 13.0. The molecular weight excluding hydrogens is 236 g/mol. The van der Waals surface area contributed by atoms with Crippen LogP contribution in [-0.4, -0.2) is 61.7 Å². The first-order valence-electron chi connectivity index (χ1n) is 5.52. The molecule has 0 spiro atoms. The van der Waals surface area contributed by atoms with Crippen LogP contribution in [0.25, 0.3) is 0 Å². The first-order chi connectivity index (χ1) is 8.58. The summed E-state index contributed by atoms with van der Waals surface area (Å²) in [6.07, 6.45) is -0.597. The summed E-state index contributed by atoms with van der Waals surface area (Å²) in [5.74, 6) is 0.300. The maximum absolute atomic E-state index is 11.3. The molecule has 1 aromatic heterocycles. The monoisotopic (exact) mass is 254 g/mol. The molecule has 1 unspecified atom stereocenters. The van der Waals surface area contributed by atoms with E-state index in [0.717, 1.165) is 0 Å². The summed E-state index contributed by atoms with van der Waals surface area (Å²) >= 11 is 0. The van der Waals surface area contributed by atoms with Gasteiger partial charge in [-0.05, 0) is 12.1 Å². The van der Waals surface area contributed by atoms with E-state index < -0.39 is 6.10 Å². The van der Waals surface area contributed by atoms with E-state index in [1.807, 2.05) is 0 Å². The third kappa shape index (κ3) is 3.94. The Balaban J connectivity index is 2.64. The molecule has 0 bridgehead atoms. The van der Waals surface area contributed by atoms with Crippen molar-refractivity contribution in [3.8, 4) is 0 Å². The lowest BCUT2D eigenvalue weighted by molar-refractivity contribution is 0.0694. The molecule has 1 atom stereocenters.